The largest absolute Gasteiger partial charge is 0.569 e. The molecule has 0 unspecified atom stereocenters. The van der Waals surface area contributed by atoms with Crippen LogP contribution in [0.3, 0.4) is 0 Å². The molecule has 1 N–H and O–H groups in total. The van der Waals surface area contributed by atoms with Crippen LogP contribution in [0.2, 0.25) is 0 Å². The minimum atomic E-state index is 0.498. The lowest BCUT2D eigenvalue weighted by atomic mass is 10.3. The maximum atomic E-state index is 8.34. The Morgan fingerprint density at radius 3 is 2.45 bits per heavy atom. The van der Waals surface area contributed by atoms with E-state index in [2.05, 4.69) is 0 Å². The van der Waals surface area contributed by atoms with Gasteiger partial charge in [-0.05, 0) is 12.1 Å². The zero-order valence-electron chi connectivity index (χ0n) is 6.15. The molecule has 0 heterocycles. The second-order valence-electron chi connectivity index (χ2n) is 1.87. The van der Waals surface area contributed by atoms with Gasteiger partial charge in [0.15, 0.2) is 5.75 Å². The summed E-state index contributed by atoms with van der Waals surface area (Å²) in [5.41, 5.74) is 0. The van der Waals surface area contributed by atoms with Crippen LogP contribution in [-0.2, 0) is 0 Å². The molecule has 0 aliphatic carbocycles. The standard InChI is InChI=1S/C7H8BO3/c1-10-6-4-2-3-5-7(6)11-8-9/h2-5,9H,1H3. The first-order valence-electron chi connectivity index (χ1n) is 3.14. The van der Waals surface area contributed by atoms with Crippen molar-refractivity contribution in [3.05, 3.63) is 24.3 Å². The van der Waals surface area contributed by atoms with Gasteiger partial charge in [-0.3, -0.25) is 0 Å². The molecular weight excluding hydrogens is 143 g/mol. The Hall–Kier alpha value is -1.16. The summed E-state index contributed by atoms with van der Waals surface area (Å²) in [4.78, 5) is 0. The van der Waals surface area contributed by atoms with Crippen LogP contribution in [0.25, 0.3) is 0 Å². The van der Waals surface area contributed by atoms with Crippen molar-refractivity contribution in [3.8, 4) is 11.5 Å². The number of ether oxygens (including phenoxy) is 1. The van der Waals surface area contributed by atoms with E-state index in [0.717, 1.165) is 0 Å². The molecule has 3 nitrogen and oxygen atoms in total. The molecule has 1 aromatic carbocycles. The third-order valence-electron chi connectivity index (χ3n) is 1.25. The van der Waals surface area contributed by atoms with Crippen LogP contribution in [0.1, 0.15) is 0 Å². The van der Waals surface area contributed by atoms with Crippen molar-refractivity contribution in [1.82, 2.24) is 0 Å². The van der Waals surface area contributed by atoms with Crippen LogP contribution in [-0.4, -0.2) is 19.8 Å². The second-order valence-corrected chi connectivity index (χ2v) is 1.87. The Morgan fingerprint density at radius 1 is 1.27 bits per heavy atom. The highest BCUT2D eigenvalue weighted by Gasteiger charge is 2.00. The Balaban J connectivity index is 2.83. The number of para-hydroxylation sites is 2. The number of benzene rings is 1. The first kappa shape index (κ1) is 7.95. The summed E-state index contributed by atoms with van der Waals surface area (Å²) < 4.78 is 9.68. The molecule has 0 spiro atoms. The predicted molar refractivity (Wildman–Crippen MR) is 41.6 cm³/mol. The second kappa shape index (κ2) is 3.88. The SMILES string of the molecule is COc1ccccc1O[B]O. The summed E-state index contributed by atoms with van der Waals surface area (Å²) in [5, 5.41) is 8.34. The lowest BCUT2D eigenvalue weighted by Crippen LogP contribution is -2.01. The highest BCUT2D eigenvalue weighted by Crippen LogP contribution is 2.24. The summed E-state index contributed by atoms with van der Waals surface area (Å²) in [6.07, 6.45) is 0. The highest BCUT2D eigenvalue weighted by atomic mass is 16.5. The molecule has 0 aromatic heterocycles. The summed E-state index contributed by atoms with van der Waals surface area (Å²) in [6.45, 7) is 0. The third kappa shape index (κ3) is 1.88. The molecule has 0 saturated heterocycles. The summed E-state index contributed by atoms with van der Waals surface area (Å²) in [7, 11) is 2.16. The summed E-state index contributed by atoms with van der Waals surface area (Å²) >= 11 is 0. The van der Waals surface area contributed by atoms with Crippen molar-refractivity contribution < 1.29 is 14.4 Å². The van der Waals surface area contributed by atoms with E-state index < -0.39 is 0 Å². The van der Waals surface area contributed by atoms with E-state index in [9.17, 15) is 0 Å². The Kier molecular flexibility index (Phi) is 2.80. The number of hydrogen-bond acceptors (Lipinski definition) is 3. The Labute approximate surface area is 65.9 Å². The van der Waals surface area contributed by atoms with Gasteiger partial charge >= 0.3 is 7.69 Å². The van der Waals surface area contributed by atoms with E-state index >= 15 is 0 Å². The smallest absolute Gasteiger partial charge is 0.535 e. The van der Waals surface area contributed by atoms with E-state index in [1.807, 2.05) is 6.07 Å². The van der Waals surface area contributed by atoms with Gasteiger partial charge in [-0.25, -0.2) is 0 Å². The van der Waals surface area contributed by atoms with Crippen molar-refractivity contribution >= 4 is 7.69 Å². The van der Waals surface area contributed by atoms with Gasteiger partial charge < -0.3 is 14.4 Å². The van der Waals surface area contributed by atoms with E-state index in [-0.39, 0.29) is 0 Å². The van der Waals surface area contributed by atoms with Crippen molar-refractivity contribution in [2.24, 2.45) is 0 Å². The first-order chi connectivity index (χ1) is 5.38. The normalized spacial score (nSPS) is 8.91. The number of rotatable bonds is 3. The van der Waals surface area contributed by atoms with Crippen LogP contribution in [0.5, 0.6) is 11.5 Å². The molecule has 0 aliphatic rings. The Bertz CT molecular complexity index is 227. The highest BCUT2D eigenvalue weighted by molar-refractivity contribution is 6.17. The Morgan fingerprint density at radius 2 is 1.91 bits per heavy atom. The fourth-order valence-corrected chi connectivity index (χ4v) is 0.773. The third-order valence-corrected chi connectivity index (χ3v) is 1.25. The van der Waals surface area contributed by atoms with Crippen molar-refractivity contribution in [2.45, 2.75) is 0 Å². The number of methoxy groups -OCH3 is 1. The fourth-order valence-electron chi connectivity index (χ4n) is 0.773. The average molecular weight is 151 g/mol. The maximum Gasteiger partial charge on any atom is 0.569 e. The van der Waals surface area contributed by atoms with Crippen molar-refractivity contribution in [3.63, 3.8) is 0 Å². The summed E-state index contributed by atoms with van der Waals surface area (Å²) in [6, 6.07) is 7.06. The quantitative estimate of drug-likeness (QED) is 0.642. The van der Waals surface area contributed by atoms with Gasteiger partial charge in [0.2, 0.25) is 0 Å². The molecule has 57 valence electrons. The molecule has 0 aliphatic heterocycles. The van der Waals surface area contributed by atoms with Gasteiger partial charge in [-0.15, -0.1) is 0 Å². The van der Waals surface area contributed by atoms with Crippen LogP contribution in [0, 0.1) is 0 Å². The van der Waals surface area contributed by atoms with Crippen molar-refractivity contribution in [1.29, 1.82) is 0 Å². The maximum absolute atomic E-state index is 8.34. The molecule has 11 heavy (non-hydrogen) atoms. The summed E-state index contributed by atoms with van der Waals surface area (Å²) in [5.74, 6) is 1.09. The van der Waals surface area contributed by atoms with E-state index in [4.69, 9.17) is 14.4 Å². The predicted octanol–water partition coefficient (Wildman–Crippen LogP) is 0.601. The van der Waals surface area contributed by atoms with E-state index in [1.165, 1.54) is 0 Å². The molecule has 4 heteroatoms. The first-order valence-corrected chi connectivity index (χ1v) is 3.14. The van der Waals surface area contributed by atoms with Crippen LogP contribution >= 0.6 is 0 Å². The zero-order valence-corrected chi connectivity index (χ0v) is 6.15. The van der Waals surface area contributed by atoms with Gasteiger partial charge in [0, 0.05) is 0 Å². The van der Waals surface area contributed by atoms with Gasteiger partial charge in [-0.1, -0.05) is 12.1 Å². The van der Waals surface area contributed by atoms with Gasteiger partial charge in [0.1, 0.15) is 5.75 Å². The van der Waals surface area contributed by atoms with Crippen LogP contribution in [0.15, 0.2) is 24.3 Å². The topological polar surface area (TPSA) is 38.7 Å². The lowest BCUT2D eigenvalue weighted by molar-refractivity contribution is 0.381. The fraction of sp³-hybridized carbons (Fsp3) is 0.143. The van der Waals surface area contributed by atoms with Gasteiger partial charge in [0.05, 0.1) is 7.11 Å². The van der Waals surface area contributed by atoms with Crippen LogP contribution < -0.4 is 9.39 Å². The van der Waals surface area contributed by atoms with Crippen LogP contribution in [0.4, 0.5) is 0 Å². The molecule has 1 aromatic rings. The lowest BCUT2D eigenvalue weighted by Gasteiger charge is -2.06. The molecule has 0 saturated carbocycles. The molecule has 0 fully saturated rings. The monoisotopic (exact) mass is 151 g/mol. The molecular formula is C7H8BO3. The average Bonchev–Trinajstić information content (AvgIpc) is 2.06. The number of hydrogen-bond donors (Lipinski definition) is 1. The minimum Gasteiger partial charge on any atom is -0.535 e. The van der Waals surface area contributed by atoms with Gasteiger partial charge in [0.25, 0.3) is 0 Å². The van der Waals surface area contributed by atoms with Gasteiger partial charge in [-0.2, -0.15) is 0 Å². The van der Waals surface area contributed by atoms with E-state index in [0.29, 0.717) is 19.2 Å². The molecule has 0 bridgehead atoms. The zero-order chi connectivity index (χ0) is 8.10. The molecule has 0 amide bonds. The molecule has 1 rings (SSSR count). The van der Waals surface area contributed by atoms with Crippen molar-refractivity contribution in [2.75, 3.05) is 7.11 Å². The van der Waals surface area contributed by atoms with E-state index in [1.54, 1.807) is 25.3 Å². The minimum absolute atomic E-state index is 0.498. The molecule has 0 atom stereocenters. The molecule has 1 radical (unpaired) electrons.